The molecule has 0 aromatic carbocycles. The van der Waals surface area contributed by atoms with Crippen LogP contribution in [0.4, 0.5) is 0 Å². The monoisotopic (exact) mass is 379 g/mol. The number of H-pyrrole nitrogens is 1. The summed E-state index contributed by atoms with van der Waals surface area (Å²) >= 11 is 1.46. The zero-order valence-electron chi connectivity index (χ0n) is 14.8. The number of rotatable bonds is 4. The van der Waals surface area contributed by atoms with Gasteiger partial charge in [0, 0.05) is 29.6 Å². The summed E-state index contributed by atoms with van der Waals surface area (Å²) in [6.07, 6.45) is 12.9. The Hall–Kier alpha value is -3.00. The van der Waals surface area contributed by atoms with Crippen LogP contribution in [-0.4, -0.2) is 31.6 Å². The first-order chi connectivity index (χ1) is 13.2. The van der Waals surface area contributed by atoms with Gasteiger partial charge in [-0.25, -0.2) is 9.50 Å². The number of carbonyl (C=O) groups excluding carboxylic acids is 1. The van der Waals surface area contributed by atoms with Gasteiger partial charge < -0.3 is 5.32 Å². The van der Waals surface area contributed by atoms with Crippen LogP contribution in [-0.2, 0) is 7.05 Å². The third kappa shape index (κ3) is 2.91. The summed E-state index contributed by atoms with van der Waals surface area (Å²) in [4.78, 5) is 17.7. The van der Waals surface area contributed by atoms with E-state index >= 15 is 0 Å². The van der Waals surface area contributed by atoms with Crippen LogP contribution in [0.5, 0.6) is 0 Å². The molecule has 0 aliphatic heterocycles. The first kappa shape index (κ1) is 16.2. The second kappa shape index (κ2) is 6.31. The van der Waals surface area contributed by atoms with Crippen molar-refractivity contribution in [2.75, 3.05) is 0 Å². The lowest BCUT2D eigenvalue weighted by Gasteiger charge is -2.25. The molecule has 27 heavy (non-hydrogen) atoms. The summed E-state index contributed by atoms with van der Waals surface area (Å²) in [6.45, 7) is 0. The molecule has 1 aliphatic carbocycles. The minimum Gasteiger partial charge on any atom is -0.349 e. The third-order valence-electron chi connectivity index (χ3n) is 5.02. The smallest absolute Gasteiger partial charge is 0.261 e. The van der Waals surface area contributed by atoms with Gasteiger partial charge in [-0.15, -0.1) is 16.0 Å². The SMILES string of the molecule is C[n+]1cc(-c2cnc3c(-c4csc(C(=O)NC5CCC5)c4)cnn3c2)c[nH]1. The quantitative estimate of drug-likeness (QED) is 0.535. The number of amides is 1. The van der Waals surface area contributed by atoms with Crippen molar-refractivity contribution in [1.82, 2.24) is 25.0 Å². The molecule has 1 fully saturated rings. The highest BCUT2D eigenvalue weighted by molar-refractivity contribution is 7.12. The Morgan fingerprint density at radius 3 is 2.96 bits per heavy atom. The minimum atomic E-state index is 0.0167. The highest BCUT2D eigenvalue weighted by atomic mass is 32.1. The molecule has 4 aromatic rings. The molecular weight excluding hydrogens is 360 g/mol. The van der Waals surface area contributed by atoms with Crippen LogP contribution in [0, 0.1) is 0 Å². The van der Waals surface area contributed by atoms with Crippen LogP contribution in [0.1, 0.15) is 28.9 Å². The second-order valence-electron chi connectivity index (χ2n) is 6.94. The number of hydrogen-bond donors (Lipinski definition) is 2. The van der Waals surface area contributed by atoms with Crippen molar-refractivity contribution in [3.63, 3.8) is 0 Å². The van der Waals surface area contributed by atoms with Crippen molar-refractivity contribution in [2.24, 2.45) is 7.05 Å². The zero-order valence-corrected chi connectivity index (χ0v) is 15.7. The van der Waals surface area contributed by atoms with Gasteiger partial charge in [0.25, 0.3) is 5.91 Å². The summed E-state index contributed by atoms with van der Waals surface area (Å²) in [5, 5.41) is 12.6. The Kier molecular flexibility index (Phi) is 3.78. The molecule has 0 unspecified atom stereocenters. The fourth-order valence-corrected chi connectivity index (χ4v) is 4.06. The van der Waals surface area contributed by atoms with E-state index in [-0.39, 0.29) is 5.91 Å². The molecule has 0 atom stereocenters. The van der Waals surface area contributed by atoms with Crippen molar-refractivity contribution in [3.8, 4) is 22.3 Å². The summed E-state index contributed by atoms with van der Waals surface area (Å²) in [5.74, 6) is 0.0167. The molecular formula is C19H19N6OS+. The van der Waals surface area contributed by atoms with Crippen LogP contribution >= 0.6 is 11.3 Å². The lowest BCUT2D eigenvalue weighted by Crippen LogP contribution is -2.39. The maximum absolute atomic E-state index is 12.4. The molecule has 0 saturated heterocycles. The molecule has 2 N–H and O–H groups in total. The Balaban J connectivity index is 1.44. The summed E-state index contributed by atoms with van der Waals surface area (Å²) in [6, 6.07) is 2.27. The molecule has 8 heteroatoms. The van der Waals surface area contributed by atoms with Crippen molar-refractivity contribution in [2.45, 2.75) is 25.3 Å². The fraction of sp³-hybridized carbons (Fsp3) is 0.263. The highest BCUT2D eigenvalue weighted by Gasteiger charge is 2.21. The number of aryl methyl sites for hydroxylation is 1. The molecule has 5 rings (SSSR count). The average molecular weight is 379 g/mol. The van der Waals surface area contributed by atoms with Gasteiger partial charge in [0.2, 0.25) is 6.20 Å². The summed E-state index contributed by atoms with van der Waals surface area (Å²) < 4.78 is 3.67. The Labute approximate surface area is 159 Å². The Morgan fingerprint density at radius 1 is 1.33 bits per heavy atom. The molecule has 4 heterocycles. The van der Waals surface area contributed by atoms with E-state index in [1.165, 1.54) is 17.8 Å². The normalized spacial score (nSPS) is 14.4. The van der Waals surface area contributed by atoms with Gasteiger partial charge in [-0.05, 0) is 36.3 Å². The number of carbonyl (C=O) groups is 1. The van der Waals surface area contributed by atoms with E-state index in [1.807, 2.05) is 48.0 Å². The van der Waals surface area contributed by atoms with Gasteiger partial charge >= 0.3 is 0 Å². The van der Waals surface area contributed by atoms with Gasteiger partial charge in [-0.1, -0.05) is 0 Å². The average Bonchev–Trinajstić information content (AvgIpc) is 3.35. The number of nitrogens with one attached hydrogen (secondary N) is 2. The van der Waals surface area contributed by atoms with Gasteiger partial charge in [-0.3, -0.25) is 4.79 Å². The number of nitrogens with zero attached hydrogens (tertiary/aromatic N) is 4. The van der Waals surface area contributed by atoms with Gasteiger partial charge in [0.1, 0.15) is 0 Å². The summed E-state index contributed by atoms with van der Waals surface area (Å²) in [7, 11) is 1.94. The first-order valence-corrected chi connectivity index (χ1v) is 9.83. The molecule has 1 amide bonds. The van der Waals surface area contributed by atoms with E-state index in [0.29, 0.717) is 6.04 Å². The zero-order chi connectivity index (χ0) is 18.4. The predicted octanol–water partition coefficient (Wildman–Crippen LogP) is 2.56. The second-order valence-corrected chi connectivity index (χ2v) is 7.85. The van der Waals surface area contributed by atoms with E-state index < -0.39 is 0 Å². The highest BCUT2D eigenvalue weighted by Crippen LogP contribution is 2.29. The lowest BCUT2D eigenvalue weighted by molar-refractivity contribution is -0.726. The molecule has 0 bridgehead atoms. The van der Waals surface area contributed by atoms with Crippen molar-refractivity contribution in [1.29, 1.82) is 0 Å². The number of fused-ring (bicyclic) bond motifs is 1. The van der Waals surface area contributed by atoms with Gasteiger partial charge in [0.05, 0.1) is 22.8 Å². The standard InChI is InChI=1S/C19H18N6OS/c1-24-9-14(7-21-24)13-6-20-18-16(8-22-25(18)10-13)12-5-17(27-11-12)19(26)23-15-3-2-4-15/h5-11,15H,2-4H2,1H3,(H,23,26)/p+1. The topological polar surface area (TPSA) is 79.0 Å². The molecule has 7 nitrogen and oxygen atoms in total. The predicted molar refractivity (Wildman–Crippen MR) is 102 cm³/mol. The summed E-state index contributed by atoms with van der Waals surface area (Å²) in [5.41, 5.74) is 4.72. The van der Waals surface area contributed by atoms with Crippen LogP contribution < -0.4 is 10.00 Å². The molecule has 4 aromatic heterocycles. The van der Waals surface area contributed by atoms with Gasteiger partial charge in [0.15, 0.2) is 12.7 Å². The van der Waals surface area contributed by atoms with Crippen molar-refractivity contribution in [3.05, 3.63) is 47.3 Å². The maximum atomic E-state index is 12.4. The largest absolute Gasteiger partial charge is 0.349 e. The number of thiophene rings is 1. The third-order valence-corrected chi connectivity index (χ3v) is 5.95. The van der Waals surface area contributed by atoms with Crippen LogP contribution in [0.15, 0.2) is 42.4 Å². The Bertz CT molecular complexity index is 1140. The molecule has 1 saturated carbocycles. The minimum absolute atomic E-state index is 0.0167. The van der Waals surface area contributed by atoms with E-state index in [4.69, 9.17) is 0 Å². The van der Waals surface area contributed by atoms with E-state index in [9.17, 15) is 4.79 Å². The molecule has 1 aliphatic rings. The molecule has 0 spiro atoms. The molecule has 136 valence electrons. The van der Waals surface area contributed by atoms with Crippen molar-refractivity contribution < 1.29 is 9.48 Å². The van der Waals surface area contributed by atoms with E-state index in [2.05, 4.69) is 20.5 Å². The van der Waals surface area contributed by atoms with Gasteiger partial charge in [-0.2, -0.15) is 10.2 Å². The van der Waals surface area contributed by atoms with Crippen LogP contribution in [0.25, 0.3) is 27.9 Å². The fourth-order valence-electron chi connectivity index (χ4n) is 3.25. The first-order valence-electron chi connectivity index (χ1n) is 8.95. The number of aromatic nitrogens is 5. The molecule has 0 radical (unpaired) electrons. The Morgan fingerprint density at radius 2 is 2.22 bits per heavy atom. The number of hydrogen-bond acceptors (Lipinski definition) is 4. The van der Waals surface area contributed by atoms with E-state index in [1.54, 1.807) is 10.7 Å². The lowest BCUT2D eigenvalue weighted by atomic mass is 9.93. The number of aromatic amines is 1. The van der Waals surface area contributed by atoms with Crippen LogP contribution in [0.3, 0.4) is 0 Å². The van der Waals surface area contributed by atoms with Crippen LogP contribution in [0.2, 0.25) is 0 Å². The van der Waals surface area contributed by atoms with Crippen molar-refractivity contribution >= 4 is 22.9 Å². The van der Waals surface area contributed by atoms with E-state index in [0.717, 1.165) is 45.6 Å². The maximum Gasteiger partial charge on any atom is 0.261 e.